The standard InChI is InChI=1S/C24H19ClN4O3/c1-15(30)18-8-5-9-20(14-18)26-24(31)27-21(16-6-3-2-4-7-16)23-29-28-22(32-23)17-10-12-19(25)13-11-17/h2-14,21H,1H3,(H2,26,27,31)/t21-/m1/s1. The first kappa shape index (κ1) is 21.3. The Morgan fingerprint density at radius 2 is 1.69 bits per heavy atom. The second-order valence-corrected chi connectivity index (χ2v) is 7.47. The van der Waals surface area contributed by atoms with Crippen LogP contribution in [0.2, 0.25) is 5.02 Å². The van der Waals surface area contributed by atoms with Gasteiger partial charge in [0.2, 0.25) is 11.8 Å². The Balaban J connectivity index is 1.58. The molecule has 2 amide bonds. The molecule has 1 heterocycles. The molecule has 32 heavy (non-hydrogen) atoms. The van der Waals surface area contributed by atoms with Crippen LogP contribution in [0.15, 0.2) is 83.3 Å². The van der Waals surface area contributed by atoms with Gasteiger partial charge in [-0.2, -0.15) is 0 Å². The number of aromatic nitrogens is 2. The largest absolute Gasteiger partial charge is 0.418 e. The minimum absolute atomic E-state index is 0.0863. The highest BCUT2D eigenvalue weighted by Crippen LogP contribution is 2.26. The molecule has 2 N–H and O–H groups in total. The van der Waals surface area contributed by atoms with Crippen LogP contribution in [0, 0.1) is 0 Å². The highest BCUT2D eigenvalue weighted by atomic mass is 35.5. The maximum absolute atomic E-state index is 12.8. The first-order chi connectivity index (χ1) is 15.5. The summed E-state index contributed by atoms with van der Waals surface area (Å²) in [4.78, 5) is 24.4. The fourth-order valence-corrected chi connectivity index (χ4v) is 3.23. The Bertz CT molecular complexity index is 1240. The molecule has 0 aliphatic carbocycles. The number of urea groups is 1. The van der Waals surface area contributed by atoms with Gasteiger partial charge in [0, 0.05) is 21.8 Å². The summed E-state index contributed by atoms with van der Waals surface area (Å²) < 4.78 is 5.88. The minimum Gasteiger partial charge on any atom is -0.418 e. The summed E-state index contributed by atoms with van der Waals surface area (Å²) in [7, 11) is 0. The van der Waals surface area contributed by atoms with Gasteiger partial charge in [0.15, 0.2) is 5.78 Å². The number of carbonyl (C=O) groups is 2. The Morgan fingerprint density at radius 3 is 2.41 bits per heavy atom. The predicted molar refractivity (Wildman–Crippen MR) is 122 cm³/mol. The highest BCUT2D eigenvalue weighted by molar-refractivity contribution is 6.30. The Labute approximate surface area is 189 Å². The monoisotopic (exact) mass is 446 g/mol. The van der Waals surface area contributed by atoms with E-state index in [1.54, 1.807) is 48.5 Å². The Hall–Kier alpha value is -3.97. The number of rotatable bonds is 6. The van der Waals surface area contributed by atoms with Gasteiger partial charge < -0.3 is 15.1 Å². The molecular weight excluding hydrogens is 428 g/mol. The van der Waals surface area contributed by atoms with E-state index >= 15 is 0 Å². The van der Waals surface area contributed by atoms with Crippen molar-refractivity contribution in [2.45, 2.75) is 13.0 Å². The number of hydrogen-bond donors (Lipinski definition) is 2. The molecule has 0 aliphatic rings. The number of ketones is 1. The lowest BCUT2D eigenvalue weighted by Crippen LogP contribution is -2.33. The number of nitrogens with zero attached hydrogens (tertiary/aromatic N) is 2. The average molecular weight is 447 g/mol. The molecule has 4 rings (SSSR count). The first-order valence-electron chi connectivity index (χ1n) is 9.82. The molecule has 1 atom stereocenters. The van der Waals surface area contributed by atoms with Crippen LogP contribution >= 0.6 is 11.6 Å². The van der Waals surface area contributed by atoms with Crippen molar-refractivity contribution in [1.29, 1.82) is 0 Å². The number of amides is 2. The lowest BCUT2D eigenvalue weighted by molar-refractivity contribution is 0.101. The Kier molecular flexibility index (Phi) is 6.28. The van der Waals surface area contributed by atoms with Crippen molar-refractivity contribution in [1.82, 2.24) is 15.5 Å². The summed E-state index contributed by atoms with van der Waals surface area (Å²) in [5.41, 5.74) is 2.48. The van der Waals surface area contributed by atoms with Crippen LogP contribution in [0.25, 0.3) is 11.5 Å². The van der Waals surface area contributed by atoms with Crippen molar-refractivity contribution >= 4 is 29.1 Å². The highest BCUT2D eigenvalue weighted by Gasteiger charge is 2.23. The number of hydrogen-bond acceptors (Lipinski definition) is 5. The van der Waals surface area contributed by atoms with Crippen molar-refractivity contribution in [3.8, 4) is 11.5 Å². The normalized spacial score (nSPS) is 11.6. The molecule has 0 unspecified atom stereocenters. The van der Waals surface area contributed by atoms with Crippen LogP contribution in [-0.4, -0.2) is 22.0 Å². The maximum atomic E-state index is 12.8. The van der Waals surface area contributed by atoms with E-state index in [1.165, 1.54) is 6.92 Å². The van der Waals surface area contributed by atoms with Gasteiger partial charge in [-0.25, -0.2) is 4.79 Å². The summed E-state index contributed by atoms with van der Waals surface area (Å²) in [6, 6.07) is 21.9. The zero-order valence-electron chi connectivity index (χ0n) is 17.1. The van der Waals surface area contributed by atoms with Crippen LogP contribution in [0.1, 0.15) is 34.8 Å². The van der Waals surface area contributed by atoms with E-state index in [4.69, 9.17) is 16.0 Å². The second kappa shape index (κ2) is 9.45. The fourth-order valence-electron chi connectivity index (χ4n) is 3.11. The van der Waals surface area contributed by atoms with Gasteiger partial charge >= 0.3 is 6.03 Å². The molecule has 3 aromatic carbocycles. The molecule has 1 aromatic heterocycles. The molecule has 7 nitrogen and oxygen atoms in total. The molecule has 0 fully saturated rings. The summed E-state index contributed by atoms with van der Waals surface area (Å²) in [5.74, 6) is 0.458. The van der Waals surface area contributed by atoms with Crippen LogP contribution < -0.4 is 10.6 Å². The molecule has 8 heteroatoms. The van der Waals surface area contributed by atoms with Crippen molar-refractivity contribution in [3.05, 3.63) is 101 Å². The van der Waals surface area contributed by atoms with Crippen LogP contribution in [-0.2, 0) is 0 Å². The molecule has 0 saturated carbocycles. The van der Waals surface area contributed by atoms with E-state index in [-0.39, 0.29) is 11.7 Å². The molecule has 0 spiro atoms. The molecular formula is C24H19ClN4O3. The molecule has 0 radical (unpaired) electrons. The zero-order chi connectivity index (χ0) is 22.5. The van der Waals surface area contributed by atoms with Crippen molar-refractivity contribution in [3.63, 3.8) is 0 Å². The second-order valence-electron chi connectivity index (χ2n) is 7.03. The molecule has 4 aromatic rings. The van der Waals surface area contributed by atoms with Crippen molar-refractivity contribution in [2.75, 3.05) is 5.32 Å². The van der Waals surface area contributed by atoms with Crippen LogP contribution in [0.4, 0.5) is 10.5 Å². The van der Waals surface area contributed by atoms with E-state index in [0.717, 1.165) is 5.56 Å². The average Bonchev–Trinajstić information content (AvgIpc) is 3.28. The summed E-state index contributed by atoms with van der Waals surface area (Å²) in [6.45, 7) is 1.47. The SMILES string of the molecule is CC(=O)c1cccc(NC(=O)N[C@H](c2ccccc2)c2nnc(-c3ccc(Cl)cc3)o2)c1. The van der Waals surface area contributed by atoms with Gasteiger partial charge in [-0.15, -0.1) is 10.2 Å². The molecule has 0 aliphatic heterocycles. The number of nitrogens with one attached hydrogen (secondary N) is 2. The fraction of sp³-hybridized carbons (Fsp3) is 0.0833. The summed E-state index contributed by atoms with van der Waals surface area (Å²) in [5, 5.41) is 14.5. The number of anilines is 1. The summed E-state index contributed by atoms with van der Waals surface area (Å²) >= 11 is 5.95. The van der Waals surface area contributed by atoms with Gasteiger partial charge in [-0.1, -0.05) is 54.1 Å². The lowest BCUT2D eigenvalue weighted by Gasteiger charge is -2.16. The van der Waals surface area contributed by atoms with Crippen LogP contribution in [0.5, 0.6) is 0 Å². The summed E-state index contributed by atoms with van der Waals surface area (Å²) in [6.07, 6.45) is 0. The number of benzene rings is 3. The predicted octanol–water partition coefficient (Wildman–Crippen LogP) is 5.50. The third kappa shape index (κ3) is 5.01. The van der Waals surface area contributed by atoms with Crippen LogP contribution in [0.3, 0.4) is 0 Å². The minimum atomic E-state index is -0.680. The zero-order valence-corrected chi connectivity index (χ0v) is 17.8. The van der Waals surface area contributed by atoms with Crippen molar-refractivity contribution < 1.29 is 14.0 Å². The third-order valence-electron chi connectivity index (χ3n) is 4.71. The smallest absolute Gasteiger partial charge is 0.320 e. The van der Waals surface area contributed by atoms with Gasteiger partial charge in [0.1, 0.15) is 6.04 Å². The molecule has 160 valence electrons. The van der Waals surface area contributed by atoms with E-state index in [2.05, 4.69) is 20.8 Å². The topological polar surface area (TPSA) is 97.1 Å². The maximum Gasteiger partial charge on any atom is 0.320 e. The van der Waals surface area contributed by atoms with E-state index in [0.29, 0.717) is 27.7 Å². The van der Waals surface area contributed by atoms with E-state index in [9.17, 15) is 9.59 Å². The quantitative estimate of drug-likeness (QED) is 0.381. The molecule has 0 saturated heterocycles. The number of Topliss-reactive ketones (excluding diaryl/α,β-unsaturated/α-hetero) is 1. The van der Waals surface area contributed by atoms with Gasteiger partial charge in [-0.3, -0.25) is 4.79 Å². The van der Waals surface area contributed by atoms with E-state index in [1.807, 2.05) is 30.3 Å². The van der Waals surface area contributed by atoms with Gasteiger partial charge in [-0.05, 0) is 48.9 Å². The first-order valence-corrected chi connectivity index (χ1v) is 10.2. The number of carbonyl (C=O) groups excluding carboxylic acids is 2. The lowest BCUT2D eigenvalue weighted by atomic mass is 10.1. The van der Waals surface area contributed by atoms with Gasteiger partial charge in [0.05, 0.1) is 0 Å². The Morgan fingerprint density at radius 1 is 0.938 bits per heavy atom. The van der Waals surface area contributed by atoms with E-state index < -0.39 is 12.1 Å². The molecule has 0 bridgehead atoms. The third-order valence-corrected chi connectivity index (χ3v) is 4.97. The van der Waals surface area contributed by atoms with Gasteiger partial charge in [0.25, 0.3) is 0 Å². The number of halogens is 1. The van der Waals surface area contributed by atoms with Crippen molar-refractivity contribution in [2.24, 2.45) is 0 Å².